The third-order valence-corrected chi connectivity index (χ3v) is 5.11. The van der Waals surface area contributed by atoms with Crippen LogP contribution in [0.2, 0.25) is 0 Å². The van der Waals surface area contributed by atoms with E-state index in [2.05, 4.69) is 14.9 Å². The highest BCUT2D eigenvalue weighted by Gasteiger charge is 2.22. The Bertz CT molecular complexity index is 1080. The number of nitrogens with one attached hydrogen (secondary N) is 1. The lowest BCUT2D eigenvalue weighted by atomic mass is 10.1. The predicted octanol–water partition coefficient (Wildman–Crippen LogP) is 2.04. The van der Waals surface area contributed by atoms with Gasteiger partial charge < -0.3 is 14.1 Å². The standard InChI is InChI=1S/C21H22N4O5/c26-18(16-3-4-17-19(12-16)30-20(27)23-17)5-7-24-8-10-25(11-9-24)21(28)29-14-15-2-1-6-22-13-15/h1-4,6,12-13H,5,7-11,14H2,(H,23,27). The fourth-order valence-electron chi connectivity index (χ4n) is 3.40. The zero-order valence-corrected chi connectivity index (χ0v) is 16.4. The first-order chi connectivity index (χ1) is 14.6. The first kappa shape index (κ1) is 19.8. The number of ketones is 1. The highest BCUT2D eigenvalue weighted by Crippen LogP contribution is 2.14. The van der Waals surface area contributed by atoms with Crippen molar-refractivity contribution in [3.05, 3.63) is 64.4 Å². The molecule has 0 saturated carbocycles. The normalized spacial score (nSPS) is 14.7. The largest absolute Gasteiger partial charge is 0.444 e. The summed E-state index contributed by atoms with van der Waals surface area (Å²) < 4.78 is 10.3. The van der Waals surface area contributed by atoms with E-state index in [0.717, 1.165) is 5.56 Å². The molecular weight excluding hydrogens is 388 g/mol. The summed E-state index contributed by atoms with van der Waals surface area (Å²) in [7, 11) is 0. The summed E-state index contributed by atoms with van der Waals surface area (Å²) in [6, 6.07) is 8.60. The molecule has 9 nitrogen and oxygen atoms in total. The summed E-state index contributed by atoms with van der Waals surface area (Å²) in [5.41, 5.74) is 2.32. The molecule has 1 aliphatic rings. The number of aromatic amines is 1. The molecule has 4 rings (SSSR count). The van der Waals surface area contributed by atoms with Crippen LogP contribution in [0.3, 0.4) is 0 Å². The number of rotatable bonds is 6. The van der Waals surface area contributed by atoms with Gasteiger partial charge in [-0.3, -0.25) is 19.7 Å². The number of fused-ring (bicyclic) bond motifs is 1. The third-order valence-electron chi connectivity index (χ3n) is 5.11. The highest BCUT2D eigenvalue weighted by atomic mass is 16.6. The van der Waals surface area contributed by atoms with Crippen LogP contribution in [0.4, 0.5) is 4.79 Å². The van der Waals surface area contributed by atoms with Gasteiger partial charge >= 0.3 is 11.8 Å². The van der Waals surface area contributed by atoms with Crippen molar-refractivity contribution in [1.29, 1.82) is 0 Å². The van der Waals surface area contributed by atoms with Crippen LogP contribution < -0.4 is 5.76 Å². The van der Waals surface area contributed by atoms with E-state index < -0.39 is 5.76 Å². The van der Waals surface area contributed by atoms with Crippen molar-refractivity contribution in [1.82, 2.24) is 19.8 Å². The number of hydrogen-bond acceptors (Lipinski definition) is 7. The van der Waals surface area contributed by atoms with Crippen molar-refractivity contribution in [3.8, 4) is 0 Å². The van der Waals surface area contributed by atoms with E-state index in [1.165, 1.54) is 0 Å². The molecule has 1 N–H and O–H groups in total. The number of Topliss-reactive ketones (excluding diaryl/α,β-unsaturated/α-hetero) is 1. The Morgan fingerprint density at radius 1 is 1.17 bits per heavy atom. The minimum atomic E-state index is -0.536. The van der Waals surface area contributed by atoms with Gasteiger partial charge in [0.2, 0.25) is 0 Å². The summed E-state index contributed by atoms with van der Waals surface area (Å²) in [6.45, 7) is 3.28. The maximum Gasteiger partial charge on any atom is 0.417 e. The molecule has 0 aliphatic carbocycles. The average Bonchev–Trinajstić information content (AvgIpc) is 3.16. The lowest BCUT2D eigenvalue weighted by Gasteiger charge is -2.33. The van der Waals surface area contributed by atoms with Crippen molar-refractivity contribution < 1.29 is 18.7 Å². The number of benzene rings is 1. The number of aromatic nitrogens is 2. The molecule has 1 amide bonds. The van der Waals surface area contributed by atoms with E-state index >= 15 is 0 Å². The predicted molar refractivity (Wildman–Crippen MR) is 108 cm³/mol. The van der Waals surface area contributed by atoms with Crippen LogP contribution in [0.25, 0.3) is 11.1 Å². The third kappa shape index (κ3) is 4.74. The van der Waals surface area contributed by atoms with Crippen LogP contribution in [-0.2, 0) is 11.3 Å². The van der Waals surface area contributed by atoms with E-state index in [4.69, 9.17) is 9.15 Å². The fourth-order valence-corrected chi connectivity index (χ4v) is 3.40. The van der Waals surface area contributed by atoms with Crippen molar-refractivity contribution in [3.63, 3.8) is 0 Å². The second kappa shape index (κ2) is 8.91. The number of piperazine rings is 1. The summed E-state index contributed by atoms with van der Waals surface area (Å²) in [4.78, 5) is 46.3. The average molecular weight is 410 g/mol. The molecule has 3 aromatic rings. The Kier molecular flexibility index (Phi) is 5.89. The maximum atomic E-state index is 12.5. The fraction of sp³-hybridized carbons (Fsp3) is 0.333. The van der Waals surface area contributed by atoms with E-state index in [1.54, 1.807) is 41.6 Å². The summed E-state index contributed by atoms with van der Waals surface area (Å²) in [5.74, 6) is -0.550. The van der Waals surface area contributed by atoms with Crippen molar-refractivity contribution in [2.45, 2.75) is 13.0 Å². The van der Waals surface area contributed by atoms with Crippen LogP contribution in [0.5, 0.6) is 0 Å². The van der Waals surface area contributed by atoms with Crippen LogP contribution in [0.15, 0.2) is 51.9 Å². The van der Waals surface area contributed by atoms with Crippen molar-refractivity contribution in [2.75, 3.05) is 32.7 Å². The molecule has 0 radical (unpaired) electrons. The molecule has 1 saturated heterocycles. The number of H-pyrrole nitrogens is 1. The van der Waals surface area contributed by atoms with Gasteiger partial charge in [0.15, 0.2) is 11.4 Å². The molecule has 1 fully saturated rings. The molecule has 3 heterocycles. The molecule has 1 aromatic carbocycles. The van der Waals surface area contributed by atoms with Gasteiger partial charge in [0.25, 0.3) is 0 Å². The number of oxazole rings is 1. The van der Waals surface area contributed by atoms with Crippen molar-refractivity contribution >= 4 is 23.0 Å². The smallest absolute Gasteiger partial charge is 0.417 e. The summed E-state index contributed by atoms with van der Waals surface area (Å²) >= 11 is 0. The first-order valence-electron chi connectivity index (χ1n) is 9.77. The molecule has 2 aromatic heterocycles. The Balaban J connectivity index is 1.21. The topological polar surface area (TPSA) is 109 Å². The van der Waals surface area contributed by atoms with Crippen molar-refractivity contribution in [2.24, 2.45) is 0 Å². The van der Waals surface area contributed by atoms with E-state index in [0.29, 0.717) is 55.8 Å². The monoisotopic (exact) mass is 410 g/mol. The first-order valence-corrected chi connectivity index (χ1v) is 9.77. The number of carbonyl (C=O) groups excluding carboxylic acids is 2. The molecule has 0 spiro atoms. The number of pyridine rings is 1. The quantitative estimate of drug-likeness (QED) is 0.620. The lowest BCUT2D eigenvalue weighted by molar-refractivity contribution is 0.0696. The molecule has 156 valence electrons. The van der Waals surface area contributed by atoms with E-state index in [1.807, 2.05) is 6.07 Å². The van der Waals surface area contributed by atoms with Gasteiger partial charge in [-0.15, -0.1) is 0 Å². The molecular formula is C21H22N4O5. The zero-order valence-electron chi connectivity index (χ0n) is 16.4. The maximum absolute atomic E-state index is 12.5. The van der Waals surface area contributed by atoms with Gasteiger partial charge in [-0.2, -0.15) is 0 Å². The van der Waals surface area contributed by atoms with Gasteiger partial charge in [0.1, 0.15) is 6.61 Å². The lowest BCUT2D eigenvalue weighted by Crippen LogP contribution is -2.49. The number of amides is 1. The second-order valence-electron chi connectivity index (χ2n) is 7.14. The number of carbonyl (C=O) groups is 2. The summed E-state index contributed by atoms with van der Waals surface area (Å²) in [6.07, 6.45) is 3.36. The van der Waals surface area contributed by atoms with E-state index in [9.17, 15) is 14.4 Å². The molecule has 9 heteroatoms. The SMILES string of the molecule is O=C(CCN1CCN(C(=O)OCc2cccnc2)CC1)c1ccc2[nH]c(=O)oc2c1. The van der Waals surface area contributed by atoms with E-state index in [-0.39, 0.29) is 18.5 Å². The Morgan fingerprint density at radius 2 is 2.00 bits per heavy atom. The van der Waals surface area contributed by atoms with Gasteiger partial charge in [-0.1, -0.05) is 6.07 Å². The highest BCUT2D eigenvalue weighted by molar-refractivity contribution is 5.98. The number of hydrogen-bond donors (Lipinski definition) is 1. The van der Waals surface area contributed by atoms with Gasteiger partial charge in [0.05, 0.1) is 5.52 Å². The molecule has 1 aliphatic heterocycles. The molecule has 0 bridgehead atoms. The molecule has 0 atom stereocenters. The Morgan fingerprint density at radius 3 is 2.77 bits per heavy atom. The van der Waals surface area contributed by atoms with Gasteiger partial charge in [0, 0.05) is 62.7 Å². The van der Waals surface area contributed by atoms with Crippen LogP contribution in [0.1, 0.15) is 22.3 Å². The minimum Gasteiger partial charge on any atom is -0.444 e. The second-order valence-corrected chi connectivity index (χ2v) is 7.14. The van der Waals surface area contributed by atoms with Crippen LogP contribution in [0, 0.1) is 0 Å². The van der Waals surface area contributed by atoms with Gasteiger partial charge in [-0.05, 0) is 24.3 Å². The molecule has 0 unspecified atom stereocenters. The Labute approximate surface area is 172 Å². The van der Waals surface area contributed by atoms with Crippen LogP contribution >= 0.6 is 0 Å². The minimum absolute atomic E-state index is 0.0148. The summed E-state index contributed by atoms with van der Waals surface area (Å²) in [5, 5.41) is 0. The van der Waals surface area contributed by atoms with Crippen LogP contribution in [-0.4, -0.2) is 64.4 Å². The molecule has 30 heavy (non-hydrogen) atoms. The number of nitrogens with zero attached hydrogens (tertiary/aromatic N) is 3. The number of ether oxygens (including phenoxy) is 1. The Hall–Kier alpha value is -3.46. The zero-order chi connectivity index (χ0) is 20.9. The van der Waals surface area contributed by atoms with Gasteiger partial charge in [-0.25, -0.2) is 9.59 Å².